The maximum atomic E-state index is 13.6. The molecule has 1 fully saturated rings. The van der Waals surface area contributed by atoms with E-state index in [2.05, 4.69) is 19.9 Å². The van der Waals surface area contributed by atoms with Crippen LogP contribution in [0.25, 0.3) is 22.2 Å². The maximum absolute atomic E-state index is 13.6. The predicted molar refractivity (Wildman–Crippen MR) is 163 cm³/mol. The van der Waals surface area contributed by atoms with Gasteiger partial charge in [-0.25, -0.2) is 4.98 Å². The predicted octanol–water partition coefficient (Wildman–Crippen LogP) is 5.86. The molecule has 4 aromatic rings. The zero-order chi connectivity index (χ0) is 27.7. The van der Waals surface area contributed by atoms with Crippen molar-refractivity contribution in [3.63, 3.8) is 0 Å². The highest BCUT2D eigenvalue weighted by Crippen LogP contribution is 2.32. The Kier molecular flexibility index (Phi) is 8.35. The fourth-order valence-corrected chi connectivity index (χ4v) is 6.21. The zero-order valence-corrected chi connectivity index (χ0v) is 24.5. The lowest BCUT2D eigenvalue weighted by Crippen LogP contribution is -2.48. The molecule has 3 heterocycles. The fourth-order valence-electron chi connectivity index (χ4n) is 4.85. The highest BCUT2D eigenvalue weighted by Gasteiger charge is 2.23. The van der Waals surface area contributed by atoms with Crippen LogP contribution in [0.1, 0.15) is 12.5 Å². The normalized spacial score (nSPS) is 14.8. The van der Waals surface area contributed by atoms with Crippen molar-refractivity contribution in [3.8, 4) is 11.3 Å². The van der Waals surface area contributed by atoms with Crippen LogP contribution in [0.3, 0.4) is 0 Å². The van der Waals surface area contributed by atoms with E-state index in [0.29, 0.717) is 49.9 Å². The van der Waals surface area contributed by atoms with Crippen molar-refractivity contribution in [2.45, 2.75) is 13.5 Å². The Labute approximate surface area is 245 Å². The molecule has 0 bridgehead atoms. The summed E-state index contributed by atoms with van der Waals surface area (Å²) in [5, 5.41) is 8.78. The van der Waals surface area contributed by atoms with Gasteiger partial charge >= 0.3 is 0 Å². The van der Waals surface area contributed by atoms with Crippen LogP contribution < -0.4 is 16.1 Å². The maximum Gasteiger partial charge on any atom is 0.198 e. The highest BCUT2D eigenvalue weighted by molar-refractivity contribution is 7.13. The van der Waals surface area contributed by atoms with Crippen LogP contribution in [0, 0.1) is 0 Å². The van der Waals surface area contributed by atoms with Crippen molar-refractivity contribution in [3.05, 3.63) is 72.8 Å². The van der Waals surface area contributed by atoms with Gasteiger partial charge in [0.05, 0.1) is 32.5 Å². The number of piperazine rings is 1. The molecule has 8 nitrogen and oxygen atoms in total. The number of pyridine rings is 1. The number of fused-ring (bicyclic) bond motifs is 1. The molecule has 2 aromatic heterocycles. The van der Waals surface area contributed by atoms with Gasteiger partial charge in [0.1, 0.15) is 12.8 Å². The van der Waals surface area contributed by atoms with Crippen molar-refractivity contribution >= 4 is 73.6 Å². The molecule has 39 heavy (non-hydrogen) atoms. The van der Waals surface area contributed by atoms with Gasteiger partial charge in [-0.2, -0.15) is 0 Å². The number of hydrogen-bond donors (Lipinski definition) is 1. The summed E-state index contributed by atoms with van der Waals surface area (Å²) in [6, 6.07) is 9.13. The first-order valence-corrected chi connectivity index (χ1v) is 14.4. The molecule has 0 aliphatic carbocycles. The number of aryl methyl sites for hydroxylation is 1. The minimum absolute atomic E-state index is 0.0863. The van der Waals surface area contributed by atoms with Crippen LogP contribution >= 0.6 is 46.1 Å². The van der Waals surface area contributed by atoms with E-state index in [-0.39, 0.29) is 5.43 Å². The number of nitrogens with zero attached hydrogens (tertiary/aromatic N) is 5. The fraction of sp³-hybridized carbons (Fsp3) is 0.296. The van der Waals surface area contributed by atoms with Crippen LogP contribution in [0.5, 0.6) is 0 Å². The molecule has 5 rings (SSSR count). The number of benzene rings is 2. The van der Waals surface area contributed by atoms with Crippen LogP contribution in [0.4, 0.5) is 10.8 Å². The molecular weight excluding hydrogens is 579 g/mol. The van der Waals surface area contributed by atoms with Crippen LogP contribution in [-0.2, 0) is 11.4 Å². The lowest BCUT2D eigenvalue weighted by molar-refractivity contribution is 0.209. The van der Waals surface area contributed by atoms with E-state index in [1.54, 1.807) is 12.1 Å². The van der Waals surface area contributed by atoms with Crippen molar-refractivity contribution in [2.75, 3.05) is 50.5 Å². The molecule has 2 aromatic carbocycles. The zero-order valence-electron chi connectivity index (χ0n) is 21.5. The Bertz CT molecular complexity index is 1610. The van der Waals surface area contributed by atoms with Crippen molar-refractivity contribution < 1.29 is 4.84 Å². The average Bonchev–Trinajstić information content (AvgIpc) is 3.35. The number of aromatic nitrogens is 2. The first-order valence-electron chi connectivity index (χ1n) is 12.4. The van der Waals surface area contributed by atoms with Gasteiger partial charge in [0.25, 0.3) is 0 Å². The number of nitrogens with two attached hydrogens (primary N) is 1. The molecule has 0 spiro atoms. The summed E-state index contributed by atoms with van der Waals surface area (Å²) in [6.45, 7) is 6.26. The standard InChI is InChI=1S/C27H27Cl3N6O2S/c1-3-35-13-19(23-15-39-27(31)32-23)26(37)18-11-25(21(30)12-24(18)35)36-8-6-34(7-9-36)14-22(33-38-2)17-5-4-16(28)10-20(17)29/h4-5,10-13,15H,3,6-9,14H2,1-2H3,(H2,31,32)/b33-22-. The van der Waals surface area contributed by atoms with Crippen molar-refractivity contribution in [2.24, 2.45) is 5.16 Å². The van der Waals surface area contributed by atoms with E-state index in [9.17, 15) is 4.79 Å². The largest absolute Gasteiger partial charge is 0.399 e. The molecule has 204 valence electrons. The molecule has 0 unspecified atom stereocenters. The van der Waals surface area contributed by atoms with Gasteiger partial charge in [0, 0.05) is 66.8 Å². The summed E-state index contributed by atoms with van der Waals surface area (Å²) in [4.78, 5) is 27.5. The minimum atomic E-state index is -0.0863. The lowest BCUT2D eigenvalue weighted by Gasteiger charge is -2.36. The quantitative estimate of drug-likeness (QED) is 0.210. The van der Waals surface area contributed by atoms with Crippen molar-refractivity contribution in [1.82, 2.24) is 14.5 Å². The van der Waals surface area contributed by atoms with Crippen LogP contribution in [-0.4, -0.2) is 60.0 Å². The average molecular weight is 606 g/mol. The molecule has 1 saturated heterocycles. The summed E-state index contributed by atoms with van der Waals surface area (Å²) in [5.41, 5.74) is 10.0. The molecular formula is C27H27Cl3N6O2S. The number of rotatable bonds is 7. The molecule has 1 aliphatic rings. The Morgan fingerprint density at radius 2 is 1.90 bits per heavy atom. The molecule has 12 heteroatoms. The van der Waals surface area contributed by atoms with Gasteiger partial charge in [-0.1, -0.05) is 40.0 Å². The highest BCUT2D eigenvalue weighted by atomic mass is 35.5. The van der Waals surface area contributed by atoms with Crippen LogP contribution in [0.2, 0.25) is 15.1 Å². The van der Waals surface area contributed by atoms with Crippen LogP contribution in [0.15, 0.2) is 51.9 Å². The second-order valence-corrected chi connectivity index (χ2v) is 11.3. The van der Waals surface area contributed by atoms with E-state index < -0.39 is 0 Å². The van der Waals surface area contributed by atoms with Gasteiger partial charge < -0.3 is 20.0 Å². The van der Waals surface area contributed by atoms with E-state index in [1.807, 2.05) is 41.3 Å². The molecule has 0 radical (unpaired) electrons. The summed E-state index contributed by atoms with van der Waals surface area (Å²) in [5.74, 6) is 0. The van der Waals surface area contributed by atoms with Gasteiger partial charge in [0.15, 0.2) is 10.6 Å². The van der Waals surface area contributed by atoms with E-state index in [4.69, 9.17) is 45.4 Å². The lowest BCUT2D eigenvalue weighted by atomic mass is 10.1. The molecule has 0 saturated carbocycles. The Morgan fingerprint density at radius 3 is 2.54 bits per heavy atom. The monoisotopic (exact) mass is 604 g/mol. The van der Waals surface area contributed by atoms with E-state index >= 15 is 0 Å². The van der Waals surface area contributed by atoms with E-state index in [0.717, 1.165) is 48.7 Å². The summed E-state index contributed by atoms with van der Waals surface area (Å²) >= 11 is 20.6. The van der Waals surface area contributed by atoms with E-state index in [1.165, 1.54) is 18.4 Å². The summed E-state index contributed by atoms with van der Waals surface area (Å²) in [6.07, 6.45) is 1.83. The number of anilines is 2. The molecule has 0 amide bonds. The SMILES string of the molecule is CCn1cc(-c2csc(N)n2)c(=O)c2cc(N3CCN(C/C(=N/OC)c4ccc(Cl)cc4Cl)CC3)c(Cl)cc21. The number of oxime groups is 1. The molecule has 1 aliphatic heterocycles. The van der Waals surface area contributed by atoms with Gasteiger partial charge in [-0.3, -0.25) is 9.69 Å². The first kappa shape index (κ1) is 27.7. The summed E-state index contributed by atoms with van der Waals surface area (Å²) in [7, 11) is 1.52. The number of thiazole rings is 1. The minimum Gasteiger partial charge on any atom is -0.399 e. The number of halogens is 3. The third kappa shape index (κ3) is 5.73. The Balaban J connectivity index is 1.40. The second-order valence-electron chi connectivity index (χ2n) is 9.16. The van der Waals surface area contributed by atoms with Gasteiger partial charge in [0.2, 0.25) is 0 Å². The van der Waals surface area contributed by atoms with Gasteiger partial charge in [-0.05, 0) is 37.3 Å². The molecule has 2 N–H and O–H groups in total. The smallest absolute Gasteiger partial charge is 0.198 e. The number of nitrogen functional groups attached to an aromatic ring is 1. The second kappa shape index (κ2) is 11.7. The third-order valence-corrected chi connectivity index (χ3v) is 8.34. The Morgan fingerprint density at radius 1 is 1.13 bits per heavy atom. The first-order chi connectivity index (χ1) is 18.8. The number of hydrogen-bond acceptors (Lipinski definition) is 8. The third-order valence-electron chi connectivity index (χ3n) is 6.82. The molecule has 0 atom stereocenters. The van der Waals surface area contributed by atoms with Crippen molar-refractivity contribution in [1.29, 1.82) is 0 Å². The topological polar surface area (TPSA) is 89.0 Å². The summed E-state index contributed by atoms with van der Waals surface area (Å²) < 4.78 is 2.02. The van der Waals surface area contributed by atoms with Gasteiger partial charge in [-0.15, -0.1) is 11.3 Å². The Hall–Kier alpha value is -2.82.